The number of alkyl halides is 2. The molecule has 1 saturated heterocycles. The summed E-state index contributed by atoms with van der Waals surface area (Å²) in [6, 6.07) is 2.60. The SMILES string of the molecule is O=C(c1ccc(OC(F)F)nc1)N1CCOC(c2ncon2)C1. The fourth-order valence-corrected chi connectivity index (χ4v) is 2.16. The minimum Gasteiger partial charge on any atom is -0.417 e. The van der Waals surface area contributed by atoms with Crippen LogP contribution in [0.3, 0.4) is 0 Å². The van der Waals surface area contributed by atoms with Crippen molar-refractivity contribution in [1.29, 1.82) is 0 Å². The third kappa shape index (κ3) is 3.59. The number of amides is 1. The number of ether oxygens (including phenoxy) is 2. The first-order valence-electron chi connectivity index (χ1n) is 6.71. The summed E-state index contributed by atoms with van der Waals surface area (Å²) in [4.78, 5) is 21.6. The Labute approximate surface area is 129 Å². The first kappa shape index (κ1) is 15.3. The zero-order chi connectivity index (χ0) is 16.2. The number of pyridine rings is 1. The van der Waals surface area contributed by atoms with E-state index in [1.807, 2.05) is 0 Å². The van der Waals surface area contributed by atoms with Gasteiger partial charge in [-0.2, -0.15) is 13.8 Å². The van der Waals surface area contributed by atoms with Crippen LogP contribution >= 0.6 is 0 Å². The van der Waals surface area contributed by atoms with E-state index in [1.165, 1.54) is 24.7 Å². The van der Waals surface area contributed by atoms with E-state index in [0.29, 0.717) is 19.0 Å². The first-order chi connectivity index (χ1) is 11.1. The number of aromatic nitrogens is 3. The van der Waals surface area contributed by atoms with Gasteiger partial charge in [0.05, 0.1) is 18.7 Å². The summed E-state index contributed by atoms with van der Waals surface area (Å²) >= 11 is 0. The Morgan fingerprint density at radius 3 is 2.91 bits per heavy atom. The normalized spacial score (nSPS) is 18.2. The zero-order valence-corrected chi connectivity index (χ0v) is 11.8. The number of hydrogen-bond acceptors (Lipinski definition) is 7. The molecular weight excluding hydrogens is 314 g/mol. The molecule has 23 heavy (non-hydrogen) atoms. The van der Waals surface area contributed by atoms with Gasteiger partial charge in [0.25, 0.3) is 5.91 Å². The average molecular weight is 326 g/mol. The van der Waals surface area contributed by atoms with Gasteiger partial charge in [-0.25, -0.2) is 4.98 Å². The maximum Gasteiger partial charge on any atom is 0.388 e. The second-order valence-electron chi connectivity index (χ2n) is 4.66. The van der Waals surface area contributed by atoms with Crippen LogP contribution in [0, 0.1) is 0 Å². The Kier molecular flexibility index (Phi) is 4.42. The van der Waals surface area contributed by atoms with Gasteiger partial charge in [-0.05, 0) is 6.07 Å². The van der Waals surface area contributed by atoms with Crippen molar-refractivity contribution < 1.29 is 27.6 Å². The van der Waals surface area contributed by atoms with Crippen LogP contribution in [0.5, 0.6) is 5.88 Å². The van der Waals surface area contributed by atoms with Gasteiger partial charge in [-0.1, -0.05) is 5.16 Å². The lowest BCUT2D eigenvalue weighted by Gasteiger charge is -2.31. The molecule has 1 amide bonds. The molecule has 8 nitrogen and oxygen atoms in total. The van der Waals surface area contributed by atoms with E-state index >= 15 is 0 Å². The van der Waals surface area contributed by atoms with E-state index in [9.17, 15) is 13.6 Å². The van der Waals surface area contributed by atoms with Crippen molar-refractivity contribution in [2.45, 2.75) is 12.7 Å². The average Bonchev–Trinajstić information content (AvgIpc) is 3.09. The molecule has 0 radical (unpaired) electrons. The molecule has 0 aromatic carbocycles. The highest BCUT2D eigenvalue weighted by atomic mass is 19.3. The number of halogens is 2. The Morgan fingerprint density at radius 2 is 2.26 bits per heavy atom. The highest BCUT2D eigenvalue weighted by molar-refractivity contribution is 5.94. The molecule has 1 aliphatic rings. The third-order valence-electron chi connectivity index (χ3n) is 3.21. The first-order valence-corrected chi connectivity index (χ1v) is 6.71. The van der Waals surface area contributed by atoms with Crippen molar-refractivity contribution in [3.8, 4) is 5.88 Å². The van der Waals surface area contributed by atoms with E-state index in [4.69, 9.17) is 4.74 Å². The molecule has 1 atom stereocenters. The molecule has 0 saturated carbocycles. The lowest BCUT2D eigenvalue weighted by atomic mass is 10.2. The highest BCUT2D eigenvalue weighted by Crippen LogP contribution is 2.21. The van der Waals surface area contributed by atoms with Crippen LogP contribution in [-0.2, 0) is 4.74 Å². The Balaban J connectivity index is 1.67. The van der Waals surface area contributed by atoms with Crippen LogP contribution in [0.15, 0.2) is 29.2 Å². The monoisotopic (exact) mass is 326 g/mol. The van der Waals surface area contributed by atoms with Crippen molar-refractivity contribution in [2.75, 3.05) is 19.7 Å². The summed E-state index contributed by atoms with van der Waals surface area (Å²) in [5, 5.41) is 3.70. The van der Waals surface area contributed by atoms with Crippen LogP contribution in [0.2, 0.25) is 0 Å². The third-order valence-corrected chi connectivity index (χ3v) is 3.21. The van der Waals surface area contributed by atoms with Crippen molar-refractivity contribution in [3.05, 3.63) is 36.1 Å². The predicted octanol–water partition coefficient (Wildman–Crippen LogP) is 1.28. The molecule has 2 aromatic rings. The molecule has 0 spiro atoms. The standard InChI is InChI=1S/C13H12F2N4O4/c14-13(15)23-10-2-1-8(5-16-10)12(20)19-3-4-21-9(6-19)11-17-7-22-18-11/h1-2,5,7,9,13H,3-4,6H2. The van der Waals surface area contributed by atoms with Crippen LogP contribution in [-0.4, -0.2) is 52.2 Å². The summed E-state index contributed by atoms with van der Waals surface area (Å²) in [5.74, 6) is -0.178. The molecule has 1 unspecified atom stereocenters. The van der Waals surface area contributed by atoms with Gasteiger partial charge in [0.1, 0.15) is 6.10 Å². The maximum absolute atomic E-state index is 12.4. The summed E-state index contributed by atoms with van der Waals surface area (Å²) in [5.41, 5.74) is 0.264. The topological polar surface area (TPSA) is 90.6 Å². The molecular formula is C13H12F2N4O4. The molecule has 2 aromatic heterocycles. The van der Waals surface area contributed by atoms with Gasteiger partial charge in [0.15, 0.2) is 0 Å². The highest BCUT2D eigenvalue weighted by Gasteiger charge is 2.28. The number of morpholine rings is 1. The second kappa shape index (κ2) is 6.65. The smallest absolute Gasteiger partial charge is 0.388 e. The predicted molar refractivity (Wildman–Crippen MR) is 69.8 cm³/mol. The quantitative estimate of drug-likeness (QED) is 0.836. The molecule has 3 rings (SSSR count). The second-order valence-corrected chi connectivity index (χ2v) is 4.66. The van der Waals surface area contributed by atoms with E-state index in [2.05, 4.69) is 24.4 Å². The molecule has 3 heterocycles. The molecule has 122 valence electrons. The Morgan fingerprint density at radius 1 is 1.39 bits per heavy atom. The Hall–Kier alpha value is -2.62. The van der Waals surface area contributed by atoms with Gasteiger partial charge in [0, 0.05) is 18.8 Å². The van der Waals surface area contributed by atoms with Crippen LogP contribution in [0.25, 0.3) is 0 Å². The summed E-state index contributed by atoms with van der Waals surface area (Å²) in [6.07, 6.45) is 1.91. The van der Waals surface area contributed by atoms with Crippen molar-refractivity contribution in [1.82, 2.24) is 20.0 Å². The van der Waals surface area contributed by atoms with Gasteiger partial charge in [0.2, 0.25) is 18.1 Å². The Bertz CT molecular complexity index is 651. The minimum absolute atomic E-state index is 0.247. The molecule has 10 heteroatoms. The molecule has 0 bridgehead atoms. The van der Waals surface area contributed by atoms with Crippen LogP contribution < -0.4 is 4.74 Å². The van der Waals surface area contributed by atoms with Gasteiger partial charge in [-0.3, -0.25) is 4.79 Å². The molecule has 1 aliphatic heterocycles. The van der Waals surface area contributed by atoms with E-state index in [1.54, 1.807) is 4.90 Å². The van der Waals surface area contributed by atoms with Crippen molar-refractivity contribution in [3.63, 3.8) is 0 Å². The van der Waals surface area contributed by atoms with Gasteiger partial charge in [-0.15, -0.1) is 0 Å². The lowest BCUT2D eigenvalue weighted by molar-refractivity contribution is -0.0528. The number of carbonyl (C=O) groups excluding carboxylic acids is 1. The fraction of sp³-hybridized carbons (Fsp3) is 0.385. The summed E-state index contributed by atoms with van der Waals surface area (Å²) in [7, 11) is 0. The van der Waals surface area contributed by atoms with Crippen LogP contribution in [0.4, 0.5) is 8.78 Å². The number of hydrogen-bond donors (Lipinski definition) is 0. The van der Waals surface area contributed by atoms with E-state index in [-0.39, 0.29) is 23.9 Å². The number of nitrogens with zero attached hydrogens (tertiary/aromatic N) is 4. The maximum atomic E-state index is 12.4. The van der Waals surface area contributed by atoms with Gasteiger partial charge < -0.3 is 18.9 Å². The van der Waals surface area contributed by atoms with E-state index in [0.717, 1.165) is 0 Å². The fourth-order valence-electron chi connectivity index (χ4n) is 2.16. The van der Waals surface area contributed by atoms with Crippen molar-refractivity contribution in [2.24, 2.45) is 0 Å². The molecule has 1 fully saturated rings. The molecule has 0 aliphatic carbocycles. The van der Waals surface area contributed by atoms with E-state index < -0.39 is 12.7 Å². The largest absolute Gasteiger partial charge is 0.417 e. The van der Waals surface area contributed by atoms with Gasteiger partial charge >= 0.3 is 6.61 Å². The lowest BCUT2D eigenvalue weighted by Crippen LogP contribution is -2.42. The number of rotatable bonds is 4. The molecule has 0 N–H and O–H groups in total. The van der Waals surface area contributed by atoms with Crippen LogP contribution in [0.1, 0.15) is 22.3 Å². The minimum atomic E-state index is -2.96. The summed E-state index contributed by atoms with van der Waals surface area (Å²) in [6.45, 7) is -1.99. The van der Waals surface area contributed by atoms with Crippen molar-refractivity contribution >= 4 is 5.91 Å². The number of carbonyl (C=O) groups is 1. The summed E-state index contributed by atoms with van der Waals surface area (Å²) < 4.78 is 38.5. The zero-order valence-electron chi connectivity index (χ0n) is 11.8.